The van der Waals surface area contributed by atoms with E-state index in [0.717, 1.165) is 28.2 Å². The summed E-state index contributed by atoms with van der Waals surface area (Å²) in [5.74, 6) is -0.106. The molecule has 3 aromatic carbocycles. The first-order valence-corrected chi connectivity index (χ1v) is 9.34. The quantitative estimate of drug-likeness (QED) is 0.558. The molecule has 27 heavy (non-hydrogen) atoms. The Morgan fingerprint density at radius 1 is 0.815 bits per heavy atom. The van der Waals surface area contributed by atoms with Gasteiger partial charge < -0.3 is 4.90 Å². The van der Waals surface area contributed by atoms with Crippen molar-refractivity contribution >= 4 is 23.0 Å². The van der Waals surface area contributed by atoms with Crippen LogP contribution >= 0.6 is 0 Å². The van der Waals surface area contributed by atoms with Gasteiger partial charge in [-0.15, -0.1) is 0 Å². The second-order valence-electron chi connectivity index (χ2n) is 7.31. The summed E-state index contributed by atoms with van der Waals surface area (Å²) in [5.41, 5.74) is 2.67. The Labute approximate surface area is 160 Å². The van der Waals surface area contributed by atoms with Crippen molar-refractivity contribution in [2.75, 3.05) is 0 Å². The number of hydrogen-bond acceptors (Lipinski definition) is 2. The van der Waals surface area contributed by atoms with Gasteiger partial charge in [-0.3, -0.25) is 9.59 Å². The largest absolute Gasteiger partial charge is 0.334 e. The Hall–Kier alpha value is -2.94. The zero-order chi connectivity index (χ0) is 19.6. The third-order valence-corrected chi connectivity index (χ3v) is 4.86. The van der Waals surface area contributed by atoms with Crippen molar-refractivity contribution < 1.29 is 9.59 Å². The standard InChI is InChI=1S/C24H25NO2/c1-16(2)25(17(3)4)24(27)23-19(15-26)11-8-14-22(23)21-13-7-10-18-9-5-6-12-20(18)21/h5-17H,1-4H3. The number of aldehydes is 1. The van der Waals surface area contributed by atoms with E-state index in [1.807, 2.05) is 69.0 Å². The van der Waals surface area contributed by atoms with E-state index in [4.69, 9.17) is 0 Å². The number of benzene rings is 3. The molecule has 1 amide bonds. The molecule has 0 bridgehead atoms. The normalized spacial score (nSPS) is 11.2. The molecule has 0 aliphatic heterocycles. The van der Waals surface area contributed by atoms with Gasteiger partial charge in [-0.25, -0.2) is 0 Å². The molecule has 3 nitrogen and oxygen atoms in total. The molecule has 0 spiro atoms. The molecule has 3 heteroatoms. The van der Waals surface area contributed by atoms with Crippen molar-refractivity contribution in [2.45, 2.75) is 39.8 Å². The number of rotatable bonds is 5. The molecule has 138 valence electrons. The van der Waals surface area contributed by atoms with Gasteiger partial charge in [0.1, 0.15) is 0 Å². The Morgan fingerprint density at radius 2 is 1.41 bits per heavy atom. The molecule has 0 saturated carbocycles. The first-order valence-electron chi connectivity index (χ1n) is 9.34. The fourth-order valence-electron chi connectivity index (χ4n) is 3.79. The van der Waals surface area contributed by atoms with Crippen molar-refractivity contribution in [1.82, 2.24) is 4.90 Å². The zero-order valence-electron chi connectivity index (χ0n) is 16.3. The molecule has 0 radical (unpaired) electrons. The molecular formula is C24H25NO2. The van der Waals surface area contributed by atoms with Crippen LogP contribution in [0.1, 0.15) is 48.4 Å². The van der Waals surface area contributed by atoms with Crippen molar-refractivity contribution in [3.8, 4) is 11.1 Å². The van der Waals surface area contributed by atoms with E-state index in [2.05, 4.69) is 18.2 Å². The van der Waals surface area contributed by atoms with E-state index in [0.29, 0.717) is 11.1 Å². The average Bonchev–Trinajstić information content (AvgIpc) is 2.66. The van der Waals surface area contributed by atoms with Crippen molar-refractivity contribution in [2.24, 2.45) is 0 Å². The molecule has 0 atom stereocenters. The van der Waals surface area contributed by atoms with Crippen LogP contribution in [-0.2, 0) is 0 Å². The summed E-state index contributed by atoms with van der Waals surface area (Å²) in [6, 6.07) is 19.7. The molecule has 0 saturated heterocycles. The Morgan fingerprint density at radius 3 is 2.07 bits per heavy atom. The molecule has 0 aromatic heterocycles. The van der Waals surface area contributed by atoms with Crippen molar-refractivity contribution in [3.63, 3.8) is 0 Å². The average molecular weight is 359 g/mol. The van der Waals surface area contributed by atoms with Gasteiger partial charge >= 0.3 is 0 Å². The minimum Gasteiger partial charge on any atom is -0.334 e. The predicted molar refractivity (Wildman–Crippen MR) is 111 cm³/mol. The SMILES string of the molecule is CC(C)N(C(=O)c1c(C=O)cccc1-c1cccc2ccccc12)C(C)C. The van der Waals surface area contributed by atoms with Crippen LogP contribution in [0.25, 0.3) is 21.9 Å². The number of carbonyl (C=O) groups is 2. The van der Waals surface area contributed by atoms with Crippen molar-refractivity contribution in [3.05, 3.63) is 71.8 Å². The summed E-state index contributed by atoms with van der Waals surface area (Å²) < 4.78 is 0. The number of amides is 1. The van der Waals surface area contributed by atoms with Crippen LogP contribution in [0.5, 0.6) is 0 Å². The Balaban J connectivity index is 2.29. The van der Waals surface area contributed by atoms with Gasteiger partial charge in [-0.1, -0.05) is 60.7 Å². The van der Waals surface area contributed by atoms with E-state index in [1.54, 1.807) is 6.07 Å². The van der Waals surface area contributed by atoms with Crippen molar-refractivity contribution in [1.29, 1.82) is 0 Å². The highest BCUT2D eigenvalue weighted by atomic mass is 16.2. The van der Waals surface area contributed by atoms with E-state index in [1.165, 1.54) is 0 Å². The molecule has 0 heterocycles. The van der Waals surface area contributed by atoms with Gasteiger partial charge in [0.25, 0.3) is 5.91 Å². The Bertz CT molecular complexity index is 975. The first kappa shape index (κ1) is 18.8. The predicted octanol–water partition coefficient (Wildman–Crippen LogP) is 5.58. The lowest BCUT2D eigenvalue weighted by atomic mass is 9.91. The summed E-state index contributed by atoms with van der Waals surface area (Å²) in [7, 11) is 0. The summed E-state index contributed by atoms with van der Waals surface area (Å²) >= 11 is 0. The second-order valence-corrected chi connectivity index (χ2v) is 7.31. The summed E-state index contributed by atoms with van der Waals surface area (Å²) in [6.45, 7) is 8.00. The number of carbonyl (C=O) groups excluding carboxylic acids is 2. The molecule has 3 aromatic rings. The monoisotopic (exact) mass is 359 g/mol. The Kier molecular flexibility index (Phi) is 5.41. The van der Waals surface area contributed by atoms with Gasteiger partial charge in [0.05, 0.1) is 5.56 Å². The van der Waals surface area contributed by atoms with Crippen LogP contribution in [0.2, 0.25) is 0 Å². The van der Waals surface area contributed by atoms with E-state index < -0.39 is 0 Å². The minimum atomic E-state index is -0.106. The maximum absolute atomic E-state index is 13.5. The van der Waals surface area contributed by atoms with Gasteiger partial charge in [0, 0.05) is 17.6 Å². The summed E-state index contributed by atoms with van der Waals surface area (Å²) in [4.78, 5) is 27.1. The highest BCUT2D eigenvalue weighted by Crippen LogP contribution is 2.33. The fourth-order valence-corrected chi connectivity index (χ4v) is 3.79. The van der Waals surface area contributed by atoms with E-state index >= 15 is 0 Å². The molecule has 0 N–H and O–H groups in total. The number of hydrogen-bond donors (Lipinski definition) is 0. The lowest BCUT2D eigenvalue weighted by Gasteiger charge is -2.32. The molecule has 0 fully saturated rings. The highest BCUT2D eigenvalue weighted by Gasteiger charge is 2.26. The number of fused-ring (bicyclic) bond motifs is 1. The summed E-state index contributed by atoms with van der Waals surface area (Å²) in [5, 5.41) is 2.17. The smallest absolute Gasteiger partial charge is 0.255 e. The van der Waals surface area contributed by atoms with E-state index in [-0.39, 0.29) is 18.0 Å². The number of nitrogens with zero attached hydrogens (tertiary/aromatic N) is 1. The highest BCUT2D eigenvalue weighted by molar-refractivity contribution is 6.10. The third kappa shape index (κ3) is 3.50. The maximum atomic E-state index is 13.5. The van der Waals surface area contributed by atoms with Crippen LogP contribution in [0, 0.1) is 0 Å². The van der Waals surface area contributed by atoms with Crippen LogP contribution in [0.4, 0.5) is 0 Å². The van der Waals surface area contributed by atoms with Crippen LogP contribution in [0.15, 0.2) is 60.7 Å². The lowest BCUT2D eigenvalue weighted by molar-refractivity contribution is 0.0642. The fraction of sp³-hybridized carbons (Fsp3) is 0.250. The second kappa shape index (κ2) is 7.75. The molecular weight excluding hydrogens is 334 g/mol. The molecule has 0 aliphatic rings. The van der Waals surface area contributed by atoms with Crippen LogP contribution in [-0.4, -0.2) is 29.2 Å². The van der Waals surface area contributed by atoms with Gasteiger partial charge in [-0.2, -0.15) is 0 Å². The lowest BCUT2D eigenvalue weighted by Crippen LogP contribution is -2.42. The minimum absolute atomic E-state index is 0.0394. The molecule has 0 aliphatic carbocycles. The van der Waals surface area contributed by atoms with Gasteiger partial charge in [-0.05, 0) is 49.6 Å². The molecule has 0 unspecified atom stereocenters. The maximum Gasteiger partial charge on any atom is 0.255 e. The van der Waals surface area contributed by atoms with Crippen LogP contribution < -0.4 is 0 Å². The molecule has 3 rings (SSSR count). The summed E-state index contributed by atoms with van der Waals surface area (Å²) in [6.07, 6.45) is 0.778. The van der Waals surface area contributed by atoms with Gasteiger partial charge in [0.2, 0.25) is 0 Å². The third-order valence-electron chi connectivity index (χ3n) is 4.86. The zero-order valence-corrected chi connectivity index (χ0v) is 16.3. The van der Waals surface area contributed by atoms with E-state index in [9.17, 15) is 9.59 Å². The first-order chi connectivity index (χ1) is 13.0. The topological polar surface area (TPSA) is 37.4 Å². The van der Waals surface area contributed by atoms with Crippen LogP contribution in [0.3, 0.4) is 0 Å². The van der Waals surface area contributed by atoms with Gasteiger partial charge in [0.15, 0.2) is 6.29 Å².